The number of hydrogen-bond donors (Lipinski definition) is 2. The first-order valence-corrected chi connectivity index (χ1v) is 9.33. The van der Waals surface area contributed by atoms with Gasteiger partial charge in [-0.1, -0.05) is 30.3 Å². The Bertz CT molecular complexity index is 1050. The molecule has 2 aromatic carbocycles. The first kappa shape index (κ1) is 20.4. The Morgan fingerprint density at radius 1 is 1.21 bits per heavy atom. The van der Waals surface area contributed by atoms with Crippen LogP contribution < -0.4 is 15.5 Å². The van der Waals surface area contributed by atoms with Gasteiger partial charge in [0.1, 0.15) is 22.5 Å². The monoisotopic (exact) mass is 396 g/mol. The lowest BCUT2D eigenvalue weighted by Gasteiger charge is -2.16. The van der Waals surface area contributed by atoms with Gasteiger partial charge in [0.2, 0.25) is 0 Å². The Balaban J connectivity index is 1.58. The van der Waals surface area contributed by atoms with Crippen LogP contribution in [0.25, 0.3) is 11.0 Å². The highest BCUT2D eigenvalue weighted by molar-refractivity contribution is 5.94. The molecule has 29 heavy (non-hydrogen) atoms. The number of ether oxygens (including phenoxy) is 1. The van der Waals surface area contributed by atoms with Crippen molar-refractivity contribution in [2.75, 3.05) is 27.2 Å². The summed E-state index contributed by atoms with van der Waals surface area (Å²) in [6.07, 6.45) is 0.751. The van der Waals surface area contributed by atoms with E-state index in [0.29, 0.717) is 12.3 Å². The molecular formula is C22H24N2O5. The Morgan fingerprint density at radius 2 is 1.97 bits per heavy atom. The molecule has 1 aromatic heterocycles. The summed E-state index contributed by atoms with van der Waals surface area (Å²) in [4.78, 5) is 26.8. The molecule has 0 unspecified atom stereocenters. The molecule has 1 heterocycles. The van der Waals surface area contributed by atoms with Crippen LogP contribution in [0.4, 0.5) is 0 Å². The van der Waals surface area contributed by atoms with Crippen molar-refractivity contribution in [3.05, 3.63) is 70.1 Å². The average Bonchev–Trinajstić information content (AvgIpc) is 2.71. The number of aromatic hydroxyl groups is 1. The SMILES string of the molecule is COc1cc(O)c2c(=O)cc(C(=O)NCCCN(C)Cc3ccccc3)oc2c1. The van der Waals surface area contributed by atoms with Gasteiger partial charge in [-0.25, -0.2) is 0 Å². The normalized spacial score (nSPS) is 11.0. The summed E-state index contributed by atoms with van der Waals surface area (Å²) in [5.41, 5.74) is 0.844. The van der Waals surface area contributed by atoms with E-state index in [1.54, 1.807) is 0 Å². The van der Waals surface area contributed by atoms with E-state index in [9.17, 15) is 14.7 Å². The van der Waals surface area contributed by atoms with Crippen molar-refractivity contribution in [3.63, 3.8) is 0 Å². The van der Waals surface area contributed by atoms with Crippen LogP contribution >= 0.6 is 0 Å². The molecule has 7 heteroatoms. The molecule has 2 N–H and O–H groups in total. The maximum Gasteiger partial charge on any atom is 0.287 e. The number of benzene rings is 2. The van der Waals surface area contributed by atoms with Crippen molar-refractivity contribution in [3.8, 4) is 11.5 Å². The molecule has 0 saturated heterocycles. The third-order valence-corrected chi connectivity index (χ3v) is 4.54. The largest absolute Gasteiger partial charge is 0.507 e. The van der Waals surface area contributed by atoms with E-state index in [0.717, 1.165) is 25.6 Å². The highest BCUT2D eigenvalue weighted by atomic mass is 16.5. The van der Waals surface area contributed by atoms with Crippen molar-refractivity contribution in [2.24, 2.45) is 0 Å². The molecule has 0 aliphatic heterocycles. The van der Waals surface area contributed by atoms with Crippen molar-refractivity contribution >= 4 is 16.9 Å². The van der Waals surface area contributed by atoms with Crippen molar-refractivity contribution in [1.29, 1.82) is 0 Å². The molecule has 0 saturated carbocycles. The number of nitrogens with zero attached hydrogens (tertiary/aromatic N) is 1. The molecule has 3 aromatic rings. The molecule has 0 spiro atoms. The second kappa shape index (κ2) is 9.25. The number of carbonyl (C=O) groups excluding carboxylic acids is 1. The third kappa shape index (κ3) is 5.14. The van der Waals surface area contributed by atoms with Crippen LogP contribution in [0, 0.1) is 0 Å². The number of phenols is 1. The van der Waals surface area contributed by atoms with Crippen LogP contribution in [0.5, 0.6) is 11.5 Å². The lowest BCUT2D eigenvalue weighted by atomic mass is 10.2. The molecule has 1 amide bonds. The first-order chi connectivity index (χ1) is 14.0. The van der Waals surface area contributed by atoms with E-state index in [2.05, 4.69) is 22.3 Å². The Labute approximate surface area is 168 Å². The molecule has 0 atom stereocenters. The van der Waals surface area contributed by atoms with Gasteiger partial charge in [-0.05, 0) is 25.6 Å². The molecule has 0 bridgehead atoms. The predicted octanol–water partition coefficient (Wildman–Crippen LogP) is 2.76. The predicted molar refractivity (Wildman–Crippen MR) is 110 cm³/mol. The smallest absolute Gasteiger partial charge is 0.287 e. The number of nitrogens with one attached hydrogen (secondary N) is 1. The summed E-state index contributed by atoms with van der Waals surface area (Å²) in [5.74, 6) is -0.497. The van der Waals surface area contributed by atoms with Gasteiger partial charge >= 0.3 is 0 Å². The van der Waals surface area contributed by atoms with E-state index < -0.39 is 11.3 Å². The molecule has 152 valence electrons. The highest BCUT2D eigenvalue weighted by Crippen LogP contribution is 2.28. The maximum absolute atomic E-state index is 12.4. The molecule has 0 radical (unpaired) electrons. The molecule has 7 nitrogen and oxygen atoms in total. The van der Waals surface area contributed by atoms with Gasteiger partial charge in [-0.3, -0.25) is 9.59 Å². The topological polar surface area (TPSA) is 92.0 Å². The summed E-state index contributed by atoms with van der Waals surface area (Å²) < 4.78 is 10.6. The van der Waals surface area contributed by atoms with E-state index in [1.807, 2.05) is 25.2 Å². The minimum Gasteiger partial charge on any atom is -0.507 e. The standard InChI is InChI=1S/C22H24N2O5/c1-24(14-15-7-4-3-5-8-15)10-6-9-23-22(27)20-13-18(26)21-17(25)11-16(28-2)12-19(21)29-20/h3-5,7-8,11-13,25H,6,9-10,14H2,1-2H3,(H,23,27). The fourth-order valence-electron chi connectivity index (χ4n) is 3.09. The third-order valence-electron chi connectivity index (χ3n) is 4.54. The van der Waals surface area contributed by atoms with E-state index >= 15 is 0 Å². The van der Waals surface area contributed by atoms with Crippen LogP contribution in [0.1, 0.15) is 22.5 Å². The maximum atomic E-state index is 12.4. The number of hydrogen-bond acceptors (Lipinski definition) is 6. The van der Waals surface area contributed by atoms with Gasteiger partial charge in [-0.15, -0.1) is 0 Å². The number of methoxy groups -OCH3 is 1. The van der Waals surface area contributed by atoms with Gasteiger partial charge < -0.3 is 24.5 Å². The van der Waals surface area contributed by atoms with E-state index in [4.69, 9.17) is 9.15 Å². The van der Waals surface area contributed by atoms with Gasteiger partial charge in [0.25, 0.3) is 5.91 Å². The lowest BCUT2D eigenvalue weighted by Crippen LogP contribution is -2.28. The quantitative estimate of drug-likeness (QED) is 0.569. The Kier molecular flexibility index (Phi) is 6.51. The molecular weight excluding hydrogens is 372 g/mol. The summed E-state index contributed by atoms with van der Waals surface area (Å²) in [6, 6.07) is 14.0. The molecule has 0 aliphatic carbocycles. The fourth-order valence-corrected chi connectivity index (χ4v) is 3.09. The Hall–Kier alpha value is -3.32. The second-order valence-corrected chi connectivity index (χ2v) is 6.83. The van der Waals surface area contributed by atoms with Crippen LogP contribution in [-0.2, 0) is 6.54 Å². The first-order valence-electron chi connectivity index (χ1n) is 9.33. The van der Waals surface area contributed by atoms with Crippen molar-refractivity contribution in [1.82, 2.24) is 10.2 Å². The van der Waals surface area contributed by atoms with Crippen LogP contribution in [0.2, 0.25) is 0 Å². The zero-order valence-corrected chi connectivity index (χ0v) is 16.5. The summed E-state index contributed by atoms with van der Waals surface area (Å²) in [5, 5.41) is 12.8. The van der Waals surface area contributed by atoms with Crippen LogP contribution in [0.3, 0.4) is 0 Å². The van der Waals surface area contributed by atoms with E-state index in [1.165, 1.54) is 24.8 Å². The number of phenolic OH excluding ortho intramolecular Hbond substituents is 1. The summed E-state index contributed by atoms with van der Waals surface area (Å²) >= 11 is 0. The molecule has 0 fully saturated rings. The second-order valence-electron chi connectivity index (χ2n) is 6.83. The van der Waals surface area contributed by atoms with Crippen LogP contribution in [0.15, 0.2) is 57.7 Å². The minimum atomic E-state index is -0.487. The number of amides is 1. The zero-order valence-electron chi connectivity index (χ0n) is 16.5. The summed E-state index contributed by atoms with van der Waals surface area (Å²) in [6.45, 7) is 2.09. The van der Waals surface area contributed by atoms with Crippen molar-refractivity contribution < 1.29 is 19.1 Å². The minimum absolute atomic E-state index is 0.0184. The van der Waals surface area contributed by atoms with Gasteiger partial charge in [0.05, 0.1) is 7.11 Å². The number of carbonyl (C=O) groups is 1. The van der Waals surface area contributed by atoms with Gasteiger partial charge in [-0.2, -0.15) is 0 Å². The lowest BCUT2D eigenvalue weighted by molar-refractivity contribution is 0.0924. The zero-order chi connectivity index (χ0) is 20.8. The van der Waals surface area contributed by atoms with Crippen molar-refractivity contribution in [2.45, 2.75) is 13.0 Å². The average molecular weight is 396 g/mol. The molecule has 3 rings (SSSR count). The number of rotatable bonds is 8. The summed E-state index contributed by atoms with van der Waals surface area (Å²) in [7, 11) is 3.46. The van der Waals surface area contributed by atoms with E-state index in [-0.39, 0.29) is 22.5 Å². The highest BCUT2D eigenvalue weighted by Gasteiger charge is 2.15. The fraction of sp³-hybridized carbons (Fsp3) is 0.273. The van der Waals surface area contributed by atoms with Gasteiger partial charge in [0.15, 0.2) is 11.2 Å². The number of fused-ring (bicyclic) bond motifs is 1. The molecule has 0 aliphatic rings. The Morgan fingerprint density at radius 3 is 2.69 bits per heavy atom. The van der Waals surface area contributed by atoms with Crippen LogP contribution in [-0.4, -0.2) is 43.2 Å². The van der Waals surface area contributed by atoms with Gasteiger partial charge in [0, 0.05) is 31.3 Å².